The van der Waals surface area contributed by atoms with Crippen LogP contribution in [0.5, 0.6) is 5.75 Å². The molecule has 0 unspecified atom stereocenters. The molecule has 4 nitrogen and oxygen atoms in total. The monoisotopic (exact) mass is 340 g/mol. The minimum absolute atomic E-state index is 0.0437. The number of benzene rings is 2. The molecule has 0 radical (unpaired) electrons. The molecule has 122 valence electrons. The van der Waals surface area contributed by atoms with Crippen LogP contribution in [0.2, 0.25) is 0 Å². The number of rotatable bonds is 6. The lowest BCUT2D eigenvalue weighted by atomic mass is 10.0. The maximum absolute atomic E-state index is 12.4. The molecule has 5 heteroatoms. The fourth-order valence-corrected chi connectivity index (χ4v) is 2.62. The van der Waals surface area contributed by atoms with E-state index in [2.05, 4.69) is 5.10 Å². The predicted octanol–water partition coefficient (Wildman–Crippen LogP) is 4.18. The summed E-state index contributed by atoms with van der Waals surface area (Å²) in [5, 5.41) is 6.22. The number of carbonyl (C=O) groups is 1. The second-order valence-corrected chi connectivity index (χ2v) is 5.73. The van der Waals surface area contributed by atoms with E-state index >= 15 is 0 Å². The van der Waals surface area contributed by atoms with Crippen LogP contribution in [0, 0.1) is 0 Å². The summed E-state index contributed by atoms with van der Waals surface area (Å²) >= 11 is 5.68. The Morgan fingerprint density at radius 2 is 2.04 bits per heavy atom. The van der Waals surface area contributed by atoms with E-state index in [0.29, 0.717) is 18.0 Å². The summed E-state index contributed by atoms with van der Waals surface area (Å²) in [6, 6.07) is 11.4. The van der Waals surface area contributed by atoms with E-state index in [0.717, 1.165) is 22.1 Å². The van der Waals surface area contributed by atoms with Crippen molar-refractivity contribution in [3.63, 3.8) is 0 Å². The number of carbonyl (C=O) groups excluding carboxylic acids is 1. The zero-order valence-corrected chi connectivity index (χ0v) is 14.0. The number of alkyl halides is 1. The number of nitrogens with zero attached hydrogens (tertiary/aromatic N) is 2. The van der Waals surface area contributed by atoms with Crippen molar-refractivity contribution in [3.8, 4) is 5.75 Å². The molecule has 0 spiro atoms. The Balaban J connectivity index is 1.78. The summed E-state index contributed by atoms with van der Waals surface area (Å²) in [6.45, 7) is 0.650. The Kier molecular flexibility index (Phi) is 4.96. The molecule has 3 aromatic rings. The number of ether oxygens (including phenoxy) is 1. The van der Waals surface area contributed by atoms with Gasteiger partial charge in [0.15, 0.2) is 5.78 Å². The van der Waals surface area contributed by atoms with Gasteiger partial charge in [-0.2, -0.15) is 5.10 Å². The van der Waals surface area contributed by atoms with Gasteiger partial charge in [-0.3, -0.25) is 9.48 Å². The first-order chi connectivity index (χ1) is 11.7. The van der Waals surface area contributed by atoms with Crippen LogP contribution in [0.4, 0.5) is 0 Å². The minimum Gasteiger partial charge on any atom is -0.497 e. The zero-order chi connectivity index (χ0) is 16.9. The molecule has 3 rings (SSSR count). The smallest absolute Gasteiger partial charge is 0.185 e. The Labute approximate surface area is 145 Å². The number of fused-ring (bicyclic) bond motifs is 1. The number of hydrogen-bond donors (Lipinski definition) is 0. The molecule has 24 heavy (non-hydrogen) atoms. The number of hydrogen-bond acceptors (Lipinski definition) is 3. The Morgan fingerprint density at radius 1 is 1.25 bits per heavy atom. The molecule has 0 saturated carbocycles. The minimum atomic E-state index is -0.0437. The first kappa shape index (κ1) is 16.3. The molecule has 0 amide bonds. The van der Waals surface area contributed by atoms with E-state index in [4.69, 9.17) is 16.3 Å². The third-order valence-electron chi connectivity index (χ3n) is 3.73. The molecule has 1 heterocycles. The number of ketones is 1. The van der Waals surface area contributed by atoms with Gasteiger partial charge >= 0.3 is 0 Å². The van der Waals surface area contributed by atoms with Gasteiger partial charge in [-0.25, -0.2) is 0 Å². The highest BCUT2D eigenvalue weighted by Crippen LogP contribution is 2.22. The molecule has 2 aromatic carbocycles. The lowest BCUT2D eigenvalue weighted by Crippen LogP contribution is -1.98. The first-order valence-electron chi connectivity index (χ1n) is 7.58. The van der Waals surface area contributed by atoms with Crippen LogP contribution in [-0.4, -0.2) is 28.6 Å². The van der Waals surface area contributed by atoms with Crippen molar-refractivity contribution in [2.75, 3.05) is 13.0 Å². The fraction of sp³-hybridized carbons (Fsp3) is 0.158. The number of aryl methyl sites for hydroxylation is 1. The van der Waals surface area contributed by atoms with Crippen LogP contribution in [-0.2, 0) is 6.54 Å². The highest BCUT2D eigenvalue weighted by Gasteiger charge is 2.04. The molecule has 0 aliphatic carbocycles. The lowest BCUT2D eigenvalue weighted by Gasteiger charge is -2.04. The molecule has 0 fully saturated rings. The average molecular weight is 341 g/mol. The van der Waals surface area contributed by atoms with Gasteiger partial charge in [-0.1, -0.05) is 18.2 Å². The predicted molar refractivity (Wildman–Crippen MR) is 96.8 cm³/mol. The van der Waals surface area contributed by atoms with Gasteiger partial charge in [-0.15, -0.1) is 11.6 Å². The number of halogens is 1. The van der Waals surface area contributed by atoms with Gasteiger partial charge in [0.1, 0.15) is 5.75 Å². The summed E-state index contributed by atoms with van der Waals surface area (Å²) in [5.41, 5.74) is 1.52. The molecule has 1 aromatic heterocycles. The van der Waals surface area contributed by atoms with Crippen LogP contribution >= 0.6 is 11.6 Å². The van der Waals surface area contributed by atoms with Gasteiger partial charge in [0, 0.05) is 23.2 Å². The third kappa shape index (κ3) is 3.66. The first-order valence-corrected chi connectivity index (χ1v) is 8.12. The van der Waals surface area contributed by atoms with E-state index in [9.17, 15) is 4.79 Å². The Hall–Kier alpha value is -2.59. The van der Waals surface area contributed by atoms with E-state index in [1.165, 1.54) is 0 Å². The zero-order valence-electron chi connectivity index (χ0n) is 13.3. The van der Waals surface area contributed by atoms with Crippen LogP contribution in [0.1, 0.15) is 15.9 Å². The Bertz CT molecular complexity index is 899. The summed E-state index contributed by atoms with van der Waals surface area (Å²) in [4.78, 5) is 12.4. The van der Waals surface area contributed by atoms with Crippen molar-refractivity contribution in [1.29, 1.82) is 0 Å². The highest BCUT2D eigenvalue weighted by atomic mass is 35.5. The van der Waals surface area contributed by atoms with Crippen molar-refractivity contribution in [1.82, 2.24) is 9.78 Å². The van der Waals surface area contributed by atoms with Gasteiger partial charge in [0.25, 0.3) is 0 Å². The van der Waals surface area contributed by atoms with Crippen molar-refractivity contribution in [2.24, 2.45) is 0 Å². The molecule has 0 saturated heterocycles. The summed E-state index contributed by atoms with van der Waals surface area (Å²) in [5.74, 6) is 1.26. The molecular formula is C19H17ClN2O2. The topological polar surface area (TPSA) is 44.1 Å². The largest absolute Gasteiger partial charge is 0.497 e. The third-order valence-corrected chi connectivity index (χ3v) is 3.89. The fourth-order valence-electron chi connectivity index (χ4n) is 2.45. The van der Waals surface area contributed by atoms with Crippen LogP contribution in [0.15, 0.2) is 54.9 Å². The normalized spacial score (nSPS) is 11.2. The Morgan fingerprint density at radius 3 is 2.83 bits per heavy atom. The molecule has 0 atom stereocenters. The summed E-state index contributed by atoms with van der Waals surface area (Å²) in [6.07, 6.45) is 6.90. The number of methoxy groups -OCH3 is 1. The SMILES string of the molecule is COc1ccc2cc(C(=O)C=Cc3cnn(CCCl)c3)ccc2c1. The lowest BCUT2D eigenvalue weighted by molar-refractivity contribution is 0.104. The van der Waals surface area contributed by atoms with Crippen LogP contribution < -0.4 is 4.74 Å². The van der Waals surface area contributed by atoms with Crippen molar-refractivity contribution >= 4 is 34.2 Å². The molecule has 0 aliphatic heterocycles. The number of allylic oxidation sites excluding steroid dienone is 1. The van der Waals surface area contributed by atoms with Crippen molar-refractivity contribution in [3.05, 3.63) is 66.0 Å². The second kappa shape index (κ2) is 7.32. The summed E-state index contributed by atoms with van der Waals surface area (Å²) in [7, 11) is 1.64. The maximum Gasteiger partial charge on any atom is 0.185 e. The molecular weight excluding hydrogens is 324 g/mol. The van der Waals surface area contributed by atoms with Gasteiger partial charge < -0.3 is 4.74 Å². The standard InChI is InChI=1S/C19H17ClN2O2/c1-24-18-6-5-15-10-17(4-3-16(15)11-18)19(23)7-2-14-12-21-22(13-14)9-8-20/h2-7,10-13H,8-9H2,1H3. The molecule has 0 N–H and O–H groups in total. The van der Waals surface area contributed by atoms with Gasteiger partial charge in [0.05, 0.1) is 19.9 Å². The quantitative estimate of drug-likeness (QED) is 0.384. The van der Waals surface area contributed by atoms with Gasteiger partial charge in [-0.05, 0) is 41.1 Å². The van der Waals surface area contributed by atoms with E-state index in [-0.39, 0.29) is 5.78 Å². The maximum atomic E-state index is 12.4. The van der Waals surface area contributed by atoms with E-state index in [1.807, 2.05) is 42.6 Å². The summed E-state index contributed by atoms with van der Waals surface area (Å²) < 4.78 is 6.96. The van der Waals surface area contributed by atoms with Crippen LogP contribution in [0.25, 0.3) is 16.8 Å². The highest BCUT2D eigenvalue weighted by molar-refractivity contribution is 6.17. The van der Waals surface area contributed by atoms with E-state index < -0.39 is 0 Å². The average Bonchev–Trinajstić information content (AvgIpc) is 3.06. The van der Waals surface area contributed by atoms with E-state index in [1.54, 1.807) is 30.1 Å². The molecule has 0 bridgehead atoms. The molecule has 0 aliphatic rings. The van der Waals surface area contributed by atoms with Crippen LogP contribution in [0.3, 0.4) is 0 Å². The van der Waals surface area contributed by atoms with Gasteiger partial charge in [0.2, 0.25) is 0 Å². The second-order valence-electron chi connectivity index (χ2n) is 5.35. The van der Waals surface area contributed by atoms with Crippen molar-refractivity contribution < 1.29 is 9.53 Å². The van der Waals surface area contributed by atoms with Crippen molar-refractivity contribution in [2.45, 2.75) is 6.54 Å². The number of aromatic nitrogens is 2.